The Morgan fingerprint density at radius 2 is 1.75 bits per heavy atom. The molecule has 2 heterocycles. The Morgan fingerprint density at radius 3 is 2.50 bits per heavy atom. The molecule has 4 rings (SSSR count). The van der Waals surface area contributed by atoms with Crippen LogP contribution in [0.4, 0.5) is 15.2 Å². The van der Waals surface area contributed by atoms with Crippen molar-refractivity contribution in [2.75, 3.05) is 36.4 Å². The molecule has 0 bridgehead atoms. The molecule has 1 N–H and O–H groups in total. The summed E-state index contributed by atoms with van der Waals surface area (Å²) < 4.78 is 14.0. The van der Waals surface area contributed by atoms with Crippen molar-refractivity contribution in [2.45, 2.75) is 0 Å². The van der Waals surface area contributed by atoms with Crippen molar-refractivity contribution in [3.8, 4) is 10.6 Å². The number of rotatable bonds is 3. The van der Waals surface area contributed by atoms with Gasteiger partial charge in [0.2, 0.25) is 5.13 Å². The van der Waals surface area contributed by atoms with Crippen LogP contribution in [0.15, 0.2) is 48.5 Å². The molecule has 0 unspecified atom stereocenters. The standard InChI is InChI=1S/C19H17ClFN5S2/c20-14-6-2-1-5-13(14)17-23-24-18(28-17)22-19(27)26-11-9-25(10-12-26)16-8-4-3-7-15(16)21/h1-8H,9-12H2,(H,22,24,27). The lowest BCUT2D eigenvalue weighted by Crippen LogP contribution is -2.50. The third kappa shape index (κ3) is 4.09. The van der Waals surface area contributed by atoms with E-state index in [-0.39, 0.29) is 5.82 Å². The van der Waals surface area contributed by atoms with E-state index in [1.807, 2.05) is 35.2 Å². The highest BCUT2D eigenvalue weighted by molar-refractivity contribution is 7.80. The minimum atomic E-state index is -0.197. The van der Waals surface area contributed by atoms with E-state index < -0.39 is 0 Å². The maximum Gasteiger partial charge on any atom is 0.212 e. The largest absolute Gasteiger partial charge is 0.366 e. The Labute approximate surface area is 176 Å². The minimum absolute atomic E-state index is 0.197. The number of piperazine rings is 1. The van der Waals surface area contributed by atoms with Crippen LogP contribution < -0.4 is 10.2 Å². The number of nitrogens with one attached hydrogen (secondary N) is 1. The quantitative estimate of drug-likeness (QED) is 0.613. The lowest BCUT2D eigenvalue weighted by atomic mass is 10.2. The Hall–Kier alpha value is -2.29. The highest BCUT2D eigenvalue weighted by Crippen LogP contribution is 2.31. The summed E-state index contributed by atoms with van der Waals surface area (Å²) in [5.74, 6) is -0.197. The molecule has 1 aromatic heterocycles. The maximum atomic E-state index is 14.0. The molecule has 9 heteroatoms. The Morgan fingerprint density at radius 1 is 1.04 bits per heavy atom. The van der Waals surface area contributed by atoms with E-state index in [4.69, 9.17) is 23.8 Å². The van der Waals surface area contributed by atoms with Gasteiger partial charge >= 0.3 is 0 Å². The lowest BCUT2D eigenvalue weighted by molar-refractivity contribution is 0.388. The molecule has 0 saturated carbocycles. The Kier molecular flexibility index (Phi) is 5.70. The third-order valence-corrected chi connectivity index (χ3v) is 6.06. The maximum absolute atomic E-state index is 14.0. The second kappa shape index (κ2) is 8.38. The fraction of sp³-hybridized carbons (Fsp3) is 0.211. The van der Waals surface area contributed by atoms with Crippen LogP contribution in [0.1, 0.15) is 0 Å². The molecule has 3 aromatic rings. The summed E-state index contributed by atoms with van der Waals surface area (Å²) >= 11 is 13.1. The molecule has 0 radical (unpaired) electrons. The lowest BCUT2D eigenvalue weighted by Gasteiger charge is -2.37. The molecule has 0 aliphatic carbocycles. The number of hydrogen-bond acceptors (Lipinski definition) is 5. The number of hydrogen-bond donors (Lipinski definition) is 1. The summed E-state index contributed by atoms with van der Waals surface area (Å²) in [5.41, 5.74) is 1.48. The highest BCUT2D eigenvalue weighted by Gasteiger charge is 2.21. The van der Waals surface area contributed by atoms with Gasteiger partial charge in [0.15, 0.2) is 10.1 Å². The summed E-state index contributed by atoms with van der Waals surface area (Å²) in [6.45, 7) is 2.81. The number of halogens is 2. The van der Waals surface area contributed by atoms with Crippen molar-refractivity contribution in [3.63, 3.8) is 0 Å². The van der Waals surface area contributed by atoms with Gasteiger partial charge in [-0.3, -0.25) is 0 Å². The summed E-state index contributed by atoms with van der Waals surface area (Å²) in [4.78, 5) is 4.10. The molecule has 1 fully saturated rings. The van der Waals surface area contributed by atoms with Crippen molar-refractivity contribution in [1.82, 2.24) is 15.1 Å². The molecule has 0 atom stereocenters. The minimum Gasteiger partial charge on any atom is -0.366 e. The first-order chi connectivity index (χ1) is 13.6. The van der Waals surface area contributed by atoms with Crippen LogP contribution in [0.5, 0.6) is 0 Å². The molecular weight excluding hydrogens is 417 g/mol. The summed E-state index contributed by atoms with van der Waals surface area (Å²) in [7, 11) is 0. The van der Waals surface area contributed by atoms with Crippen LogP contribution in [-0.2, 0) is 0 Å². The van der Waals surface area contributed by atoms with Gasteiger partial charge in [0.25, 0.3) is 0 Å². The summed E-state index contributed by atoms with van der Waals surface area (Å²) in [6, 6.07) is 14.4. The van der Waals surface area contributed by atoms with Crippen LogP contribution in [0.2, 0.25) is 5.02 Å². The van der Waals surface area contributed by atoms with Crippen molar-refractivity contribution in [2.24, 2.45) is 0 Å². The molecule has 0 spiro atoms. The first-order valence-corrected chi connectivity index (χ1v) is 10.4. The van der Waals surface area contributed by atoms with Gasteiger partial charge in [0.1, 0.15) is 5.82 Å². The third-order valence-electron chi connectivity index (χ3n) is 4.50. The molecular formula is C19H17ClFN5S2. The monoisotopic (exact) mass is 433 g/mol. The molecule has 2 aromatic carbocycles. The van der Waals surface area contributed by atoms with E-state index in [2.05, 4.69) is 20.4 Å². The van der Waals surface area contributed by atoms with Gasteiger partial charge in [-0.1, -0.05) is 53.3 Å². The van der Waals surface area contributed by atoms with Crippen LogP contribution >= 0.6 is 35.2 Å². The van der Waals surface area contributed by atoms with E-state index in [1.54, 1.807) is 12.1 Å². The fourth-order valence-corrected chi connectivity index (χ4v) is 4.45. The van der Waals surface area contributed by atoms with Crippen LogP contribution in [-0.4, -0.2) is 46.4 Å². The molecule has 1 aliphatic heterocycles. The normalized spacial score (nSPS) is 14.2. The van der Waals surface area contributed by atoms with Gasteiger partial charge in [-0.2, -0.15) is 0 Å². The molecule has 5 nitrogen and oxygen atoms in total. The summed E-state index contributed by atoms with van der Waals surface area (Å²) in [6.07, 6.45) is 0. The van der Waals surface area contributed by atoms with E-state index in [0.29, 0.717) is 47.1 Å². The molecule has 1 saturated heterocycles. The molecule has 1 aliphatic rings. The van der Waals surface area contributed by atoms with Gasteiger partial charge < -0.3 is 15.1 Å². The average Bonchev–Trinajstić information content (AvgIpc) is 3.17. The van der Waals surface area contributed by atoms with Crippen molar-refractivity contribution in [3.05, 3.63) is 59.4 Å². The number of benzene rings is 2. The zero-order chi connectivity index (χ0) is 19.5. The summed E-state index contributed by atoms with van der Waals surface area (Å²) in [5, 5.41) is 14.1. The number of nitrogens with zero attached hydrogens (tertiary/aromatic N) is 4. The SMILES string of the molecule is Fc1ccccc1N1CCN(C(=S)Nc2nnc(-c3ccccc3Cl)s2)CC1. The van der Waals surface area contributed by atoms with Crippen molar-refractivity contribution >= 4 is 51.1 Å². The molecule has 0 amide bonds. The van der Waals surface area contributed by atoms with Gasteiger partial charge in [-0.25, -0.2) is 4.39 Å². The van der Waals surface area contributed by atoms with E-state index in [1.165, 1.54) is 17.4 Å². The first kappa shape index (κ1) is 19.0. The number of thiocarbonyl (C=S) groups is 1. The number of aromatic nitrogens is 2. The fourth-order valence-electron chi connectivity index (χ4n) is 3.05. The van der Waals surface area contributed by atoms with Gasteiger partial charge in [0, 0.05) is 31.7 Å². The van der Waals surface area contributed by atoms with E-state index >= 15 is 0 Å². The van der Waals surface area contributed by atoms with Crippen LogP contribution in [0, 0.1) is 5.82 Å². The highest BCUT2D eigenvalue weighted by atomic mass is 35.5. The van der Waals surface area contributed by atoms with Crippen molar-refractivity contribution < 1.29 is 4.39 Å². The predicted octanol–water partition coefficient (Wildman–Crippen LogP) is 4.52. The van der Waals surface area contributed by atoms with Gasteiger partial charge in [-0.15, -0.1) is 10.2 Å². The molecule has 28 heavy (non-hydrogen) atoms. The van der Waals surface area contributed by atoms with E-state index in [0.717, 1.165) is 10.6 Å². The zero-order valence-electron chi connectivity index (χ0n) is 14.8. The Bertz CT molecular complexity index is 988. The van der Waals surface area contributed by atoms with E-state index in [9.17, 15) is 4.39 Å². The zero-order valence-corrected chi connectivity index (χ0v) is 17.2. The van der Waals surface area contributed by atoms with Gasteiger partial charge in [-0.05, 0) is 30.4 Å². The first-order valence-electron chi connectivity index (χ1n) is 8.75. The number of anilines is 2. The number of para-hydroxylation sites is 1. The smallest absolute Gasteiger partial charge is 0.212 e. The van der Waals surface area contributed by atoms with Crippen molar-refractivity contribution in [1.29, 1.82) is 0 Å². The van der Waals surface area contributed by atoms with Crippen LogP contribution in [0.3, 0.4) is 0 Å². The Balaban J connectivity index is 1.37. The second-order valence-corrected chi connectivity index (χ2v) is 8.02. The second-order valence-electron chi connectivity index (χ2n) is 6.25. The topological polar surface area (TPSA) is 44.3 Å². The van der Waals surface area contributed by atoms with Gasteiger partial charge in [0.05, 0.1) is 10.7 Å². The predicted molar refractivity (Wildman–Crippen MR) is 117 cm³/mol. The van der Waals surface area contributed by atoms with Crippen LogP contribution in [0.25, 0.3) is 10.6 Å². The average molecular weight is 434 g/mol. The molecule has 144 valence electrons.